The summed E-state index contributed by atoms with van der Waals surface area (Å²) in [6.07, 6.45) is 3.65. The van der Waals surface area contributed by atoms with E-state index >= 15 is 0 Å². The normalized spacial score (nSPS) is 12.9. The second-order valence-electron chi connectivity index (χ2n) is 12.3. The molecule has 1 aliphatic rings. The molecule has 0 fully saturated rings. The lowest BCUT2D eigenvalue weighted by atomic mass is 9.83. The first-order chi connectivity index (χ1) is 23.3. The number of ether oxygens (including phenoxy) is 2. The van der Waals surface area contributed by atoms with Crippen molar-refractivity contribution in [2.24, 2.45) is 0 Å². The molecule has 48 heavy (non-hydrogen) atoms. The molecule has 0 radical (unpaired) electrons. The van der Waals surface area contributed by atoms with Crippen LogP contribution in [0.25, 0.3) is 43.1 Å². The number of unbranched alkanes of at least 4 members (excludes halogenated alkanes) is 2. The minimum Gasteiger partial charge on any atom is -0.508 e. The lowest BCUT2D eigenvalue weighted by molar-refractivity contribution is 0.0500. The summed E-state index contributed by atoms with van der Waals surface area (Å²) < 4.78 is 11.3. The smallest absolute Gasteiger partial charge is 0.338 e. The van der Waals surface area contributed by atoms with Crippen LogP contribution in [0.4, 0.5) is 0 Å². The Balaban J connectivity index is 1.40. The first kappa shape index (κ1) is 31.1. The van der Waals surface area contributed by atoms with E-state index < -0.39 is 11.9 Å². The van der Waals surface area contributed by atoms with Crippen LogP contribution in [0.1, 0.15) is 86.5 Å². The minimum absolute atomic E-state index is 0.154. The largest absolute Gasteiger partial charge is 0.508 e. The molecule has 242 valence electrons. The highest BCUT2D eigenvalue weighted by molar-refractivity contribution is 6.39. The Labute approximate surface area is 277 Å². The summed E-state index contributed by atoms with van der Waals surface area (Å²) in [6.45, 7) is 4.78. The van der Waals surface area contributed by atoms with E-state index in [1.807, 2.05) is 38.1 Å². The summed E-state index contributed by atoms with van der Waals surface area (Å²) >= 11 is 0. The molecule has 7 rings (SSSR count). The predicted octanol–water partition coefficient (Wildman–Crippen LogP) is 8.20. The van der Waals surface area contributed by atoms with Crippen LogP contribution < -0.4 is 0 Å². The van der Waals surface area contributed by atoms with Crippen molar-refractivity contribution in [3.63, 3.8) is 0 Å². The van der Waals surface area contributed by atoms with E-state index in [1.54, 1.807) is 48.5 Å². The predicted molar refractivity (Wildman–Crippen MR) is 185 cm³/mol. The molecule has 0 unspecified atom stereocenters. The molecule has 0 atom stereocenters. The summed E-state index contributed by atoms with van der Waals surface area (Å²) in [5.41, 5.74) is 2.37. The number of hydrogen-bond acceptors (Lipinski definition) is 7. The summed E-state index contributed by atoms with van der Waals surface area (Å²) in [6, 6.07) is 21.1. The van der Waals surface area contributed by atoms with Gasteiger partial charge in [0.25, 0.3) is 11.8 Å². The standard InChI is InChI=1S/C40H35NO7/c1-3-5-21-47-39(45)31-17-13-27-25-11-15-29-35-30(38(44)41(37(29)43)20-19-23-7-9-24(42)10-8-23)16-12-26(33(25)35)28-14-18-32(36(31)34(27)28)40(46)48-22-6-4-2/h7-18,42H,3-6,19-22H2,1-2H3. The number of nitrogens with zero attached hydrogens (tertiary/aromatic N) is 1. The van der Waals surface area contributed by atoms with E-state index in [2.05, 4.69) is 0 Å². The Hall–Kier alpha value is -5.50. The molecule has 2 amide bonds. The average molecular weight is 642 g/mol. The molecule has 8 heteroatoms. The van der Waals surface area contributed by atoms with E-state index in [0.29, 0.717) is 28.3 Å². The quantitative estimate of drug-likeness (QED) is 0.0499. The molecular weight excluding hydrogens is 606 g/mol. The van der Waals surface area contributed by atoms with Gasteiger partial charge >= 0.3 is 11.9 Å². The van der Waals surface area contributed by atoms with Crippen molar-refractivity contribution in [3.8, 4) is 5.75 Å². The van der Waals surface area contributed by atoms with Crippen LogP contribution in [-0.4, -0.2) is 53.5 Å². The average Bonchev–Trinajstić information content (AvgIpc) is 3.10. The second kappa shape index (κ2) is 12.6. The Morgan fingerprint density at radius 2 is 1.06 bits per heavy atom. The Morgan fingerprint density at radius 1 is 0.604 bits per heavy atom. The van der Waals surface area contributed by atoms with Crippen molar-refractivity contribution >= 4 is 66.8 Å². The van der Waals surface area contributed by atoms with E-state index in [-0.39, 0.29) is 48.4 Å². The zero-order valence-corrected chi connectivity index (χ0v) is 26.9. The maximum atomic E-state index is 13.9. The lowest BCUT2D eigenvalue weighted by Crippen LogP contribution is -2.41. The molecule has 6 aromatic rings. The Bertz CT molecular complexity index is 2130. The van der Waals surface area contributed by atoms with Gasteiger partial charge in [0.05, 0.1) is 24.3 Å². The van der Waals surface area contributed by atoms with Gasteiger partial charge in [-0.15, -0.1) is 0 Å². The molecule has 0 aliphatic carbocycles. The number of esters is 2. The molecule has 0 aromatic heterocycles. The van der Waals surface area contributed by atoms with Crippen molar-refractivity contribution in [2.45, 2.75) is 46.0 Å². The Kier molecular flexibility index (Phi) is 8.17. The van der Waals surface area contributed by atoms with Crippen molar-refractivity contribution in [1.29, 1.82) is 0 Å². The number of benzene rings is 6. The third kappa shape index (κ3) is 5.08. The molecular formula is C40H35NO7. The van der Waals surface area contributed by atoms with Crippen LogP contribution in [0.2, 0.25) is 0 Å². The van der Waals surface area contributed by atoms with E-state index in [9.17, 15) is 24.3 Å². The third-order valence-electron chi connectivity index (χ3n) is 9.32. The van der Waals surface area contributed by atoms with Crippen LogP contribution in [0.15, 0.2) is 72.8 Å². The van der Waals surface area contributed by atoms with Gasteiger partial charge in [-0.3, -0.25) is 14.5 Å². The van der Waals surface area contributed by atoms with Crippen LogP contribution >= 0.6 is 0 Å². The number of amides is 2. The summed E-state index contributed by atoms with van der Waals surface area (Å²) in [5, 5.41) is 15.4. The summed E-state index contributed by atoms with van der Waals surface area (Å²) in [7, 11) is 0. The van der Waals surface area contributed by atoms with Crippen molar-refractivity contribution in [1.82, 2.24) is 4.90 Å². The maximum Gasteiger partial charge on any atom is 0.338 e. The van der Waals surface area contributed by atoms with Gasteiger partial charge in [-0.05, 0) is 93.5 Å². The van der Waals surface area contributed by atoms with Crippen molar-refractivity contribution in [2.75, 3.05) is 19.8 Å². The van der Waals surface area contributed by atoms with Crippen LogP contribution in [0, 0.1) is 0 Å². The summed E-state index contributed by atoms with van der Waals surface area (Å²) in [5.74, 6) is -1.58. The highest BCUT2D eigenvalue weighted by Gasteiger charge is 2.34. The molecule has 6 aromatic carbocycles. The first-order valence-electron chi connectivity index (χ1n) is 16.5. The first-order valence-corrected chi connectivity index (χ1v) is 16.5. The van der Waals surface area contributed by atoms with Gasteiger partial charge in [-0.1, -0.05) is 63.1 Å². The monoisotopic (exact) mass is 641 g/mol. The number of fused-ring (bicyclic) bond motifs is 2. The number of aromatic hydroxyl groups is 1. The van der Waals surface area contributed by atoms with Crippen molar-refractivity contribution < 1.29 is 33.8 Å². The topological polar surface area (TPSA) is 110 Å². The Morgan fingerprint density at radius 3 is 1.54 bits per heavy atom. The zero-order valence-electron chi connectivity index (χ0n) is 26.9. The molecule has 0 spiro atoms. The lowest BCUT2D eigenvalue weighted by Gasteiger charge is -2.28. The van der Waals surface area contributed by atoms with Gasteiger partial charge in [-0.25, -0.2) is 9.59 Å². The van der Waals surface area contributed by atoms with Gasteiger partial charge in [0.1, 0.15) is 5.75 Å². The summed E-state index contributed by atoms with van der Waals surface area (Å²) in [4.78, 5) is 56.0. The molecule has 0 saturated carbocycles. The number of phenolic OH excluding ortho intramolecular Hbond substituents is 1. The molecule has 1 aliphatic heterocycles. The fourth-order valence-electron chi connectivity index (χ4n) is 6.85. The highest BCUT2D eigenvalue weighted by atomic mass is 16.5. The van der Waals surface area contributed by atoms with E-state index in [4.69, 9.17) is 9.47 Å². The number of rotatable bonds is 11. The highest BCUT2D eigenvalue weighted by Crippen LogP contribution is 2.45. The maximum absolute atomic E-state index is 13.9. The van der Waals surface area contributed by atoms with Gasteiger partial charge in [-0.2, -0.15) is 0 Å². The molecule has 0 bridgehead atoms. The number of carbonyl (C=O) groups is 4. The van der Waals surface area contributed by atoms with Gasteiger partial charge in [0.2, 0.25) is 0 Å². The van der Waals surface area contributed by atoms with Crippen LogP contribution in [0.3, 0.4) is 0 Å². The minimum atomic E-state index is -0.505. The molecule has 8 nitrogen and oxygen atoms in total. The number of hydrogen-bond donors (Lipinski definition) is 1. The van der Waals surface area contributed by atoms with Crippen LogP contribution in [-0.2, 0) is 15.9 Å². The fourth-order valence-corrected chi connectivity index (χ4v) is 6.85. The number of imide groups is 1. The van der Waals surface area contributed by atoms with E-state index in [0.717, 1.165) is 63.6 Å². The van der Waals surface area contributed by atoms with Crippen molar-refractivity contribution in [3.05, 3.63) is 101 Å². The van der Waals surface area contributed by atoms with Gasteiger partial charge in [0.15, 0.2) is 0 Å². The third-order valence-corrected chi connectivity index (χ3v) is 9.32. The number of phenols is 1. The number of carbonyl (C=O) groups excluding carboxylic acids is 4. The van der Waals surface area contributed by atoms with E-state index in [1.165, 1.54) is 4.90 Å². The molecule has 1 heterocycles. The fraction of sp³-hybridized carbons (Fsp3) is 0.250. The van der Waals surface area contributed by atoms with Gasteiger partial charge < -0.3 is 14.6 Å². The SMILES string of the molecule is CCCCOC(=O)c1ccc2c3ccc4c5c(ccc(c6ccc(C(=O)OCCCC)c1c26)c53)C(=O)N(CCc1ccc(O)cc1)C4=O. The van der Waals surface area contributed by atoms with Crippen LogP contribution in [0.5, 0.6) is 5.75 Å². The second-order valence-corrected chi connectivity index (χ2v) is 12.3. The zero-order chi connectivity index (χ0) is 33.5. The molecule has 0 saturated heterocycles. The molecule has 1 N–H and O–H groups in total. The van der Waals surface area contributed by atoms with Gasteiger partial charge in [0, 0.05) is 28.4 Å².